The predicted octanol–water partition coefficient (Wildman–Crippen LogP) is -0.143. The van der Waals surface area contributed by atoms with Gasteiger partial charge in [0.15, 0.2) is 6.61 Å². The van der Waals surface area contributed by atoms with E-state index in [0.29, 0.717) is 17.0 Å². The van der Waals surface area contributed by atoms with E-state index in [1.54, 1.807) is 11.4 Å². The van der Waals surface area contributed by atoms with Crippen molar-refractivity contribution in [2.75, 3.05) is 13.2 Å². The maximum absolute atomic E-state index is 11.9. The van der Waals surface area contributed by atoms with Crippen LogP contribution >= 0.6 is 0 Å². The number of carbonyl (C=O) groups is 2. The van der Waals surface area contributed by atoms with Gasteiger partial charge in [-0.05, 0) is 13.8 Å². The van der Waals surface area contributed by atoms with E-state index in [2.05, 4.69) is 20.4 Å². The molecule has 0 aliphatic rings. The van der Waals surface area contributed by atoms with E-state index >= 15 is 0 Å². The average molecular weight is 316 g/mol. The summed E-state index contributed by atoms with van der Waals surface area (Å²) in [5, 5.41) is 14.9. The smallest absolute Gasteiger partial charge is 0.310 e. The summed E-state index contributed by atoms with van der Waals surface area (Å²) in [6, 6.07) is 1.90. The Labute approximate surface area is 132 Å². The first kappa shape index (κ1) is 16.4. The number of amides is 1. The molecule has 2 aromatic rings. The van der Waals surface area contributed by atoms with Gasteiger partial charge in [0.25, 0.3) is 11.7 Å². The molecule has 0 unspecified atom stereocenters. The van der Waals surface area contributed by atoms with Gasteiger partial charge in [-0.2, -0.15) is 15.3 Å². The number of hydrogen-bond acceptors (Lipinski definition) is 7. The lowest BCUT2D eigenvalue weighted by molar-refractivity contribution is -0.147. The fraction of sp³-hybridized carbons (Fsp3) is 0.429. The zero-order valence-corrected chi connectivity index (χ0v) is 12.9. The lowest BCUT2D eigenvalue weighted by Crippen LogP contribution is -2.29. The fourth-order valence-electron chi connectivity index (χ4n) is 2.06. The van der Waals surface area contributed by atoms with Gasteiger partial charge in [0.05, 0.1) is 18.9 Å². The number of hydrogen-bond donors (Lipinski definition) is 1. The lowest BCUT2D eigenvalue weighted by Gasteiger charge is -2.10. The fourth-order valence-corrected chi connectivity index (χ4v) is 2.06. The summed E-state index contributed by atoms with van der Waals surface area (Å²) >= 11 is 0. The number of aromatic nitrogens is 4. The first-order valence-corrected chi connectivity index (χ1v) is 6.98. The van der Waals surface area contributed by atoms with E-state index < -0.39 is 11.9 Å². The Morgan fingerprint density at radius 3 is 2.96 bits per heavy atom. The minimum atomic E-state index is -0.534. The zero-order chi connectivity index (χ0) is 16.8. The molecule has 1 amide bonds. The van der Waals surface area contributed by atoms with Crippen LogP contribution < -0.4 is 5.32 Å². The molecule has 0 fully saturated rings. The first-order valence-electron chi connectivity index (χ1n) is 6.98. The molecule has 2 aromatic heterocycles. The van der Waals surface area contributed by atoms with Crippen LogP contribution in [0, 0.1) is 25.2 Å². The van der Waals surface area contributed by atoms with Crippen LogP contribution in [0.5, 0.6) is 0 Å². The van der Waals surface area contributed by atoms with Crippen molar-refractivity contribution in [1.29, 1.82) is 5.26 Å². The molecule has 1 N–H and O–H groups in total. The van der Waals surface area contributed by atoms with Crippen LogP contribution in [0.4, 0.5) is 0 Å². The maximum atomic E-state index is 11.9. The number of esters is 1. The van der Waals surface area contributed by atoms with Crippen molar-refractivity contribution in [2.24, 2.45) is 0 Å². The van der Waals surface area contributed by atoms with Gasteiger partial charge >= 0.3 is 5.97 Å². The Morgan fingerprint density at radius 1 is 1.43 bits per heavy atom. The minimum absolute atomic E-state index is 0.00799. The zero-order valence-electron chi connectivity index (χ0n) is 12.9. The number of rotatable bonds is 6. The Hall–Kier alpha value is -3.02. The largest absolute Gasteiger partial charge is 0.455 e. The van der Waals surface area contributed by atoms with Crippen molar-refractivity contribution in [3.8, 4) is 6.07 Å². The van der Waals surface area contributed by atoms with Gasteiger partial charge in [-0.25, -0.2) is 9.50 Å². The molecule has 120 valence electrons. The van der Waals surface area contributed by atoms with E-state index in [4.69, 9.17) is 10.00 Å². The van der Waals surface area contributed by atoms with Crippen LogP contribution in [-0.4, -0.2) is 44.6 Å². The second kappa shape index (κ2) is 7.31. The monoisotopic (exact) mass is 316 g/mol. The van der Waals surface area contributed by atoms with Crippen LogP contribution in [0.3, 0.4) is 0 Å². The third-order valence-electron chi connectivity index (χ3n) is 3.23. The van der Waals surface area contributed by atoms with Crippen LogP contribution in [0.25, 0.3) is 5.78 Å². The molecule has 0 spiro atoms. The summed E-state index contributed by atoms with van der Waals surface area (Å²) in [5.41, 5.74) is 2.11. The molecule has 0 saturated heterocycles. The third-order valence-corrected chi connectivity index (χ3v) is 3.23. The van der Waals surface area contributed by atoms with Crippen molar-refractivity contribution < 1.29 is 14.3 Å². The molecule has 0 radical (unpaired) electrons. The number of ether oxygens (including phenoxy) is 1. The second-order valence-electron chi connectivity index (χ2n) is 4.83. The van der Waals surface area contributed by atoms with E-state index in [0.717, 1.165) is 5.69 Å². The van der Waals surface area contributed by atoms with Crippen LogP contribution in [-0.2, 0) is 20.7 Å². The summed E-state index contributed by atoms with van der Waals surface area (Å²) in [5.74, 6) is -0.506. The van der Waals surface area contributed by atoms with Crippen LogP contribution in [0.2, 0.25) is 0 Å². The van der Waals surface area contributed by atoms with Crippen molar-refractivity contribution in [1.82, 2.24) is 24.9 Å². The molecule has 23 heavy (non-hydrogen) atoms. The molecular weight excluding hydrogens is 300 g/mol. The highest BCUT2D eigenvalue weighted by Gasteiger charge is 2.16. The highest BCUT2D eigenvalue weighted by atomic mass is 16.5. The topological polar surface area (TPSA) is 122 Å². The number of nitrogens with one attached hydrogen (secondary N) is 1. The van der Waals surface area contributed by atoms with Gasteiger partial charge in [-0.15, -0.1) is 0 Å². The molecular formula is C14H16N6O3. The molecule has 9 heteroatoms. The third kappa shape index (κ3) is 4.00. The van der Waals surface area contributed by atoms with Gasteiger partial charge in [0, 0.05) is 23.5 Å². The standard InChI is InChI=1S/C14H16N6O3/c1-9-11(10(2)20-14(19-9)17-8-18-20)6-13(22)23-7-12(21)16-5-3-4-15/h8H,3,5-7H2,1-2H3,(H,16,21). The summed E-state index contributed by atoms with van der Waals surface area (Å²) in [6.07, 6.45) is 1.59. The van der Waals surface area contributed by atoms with Crippen molar-refractivity contribution >= 4 is 17.7 Å². The first-order chi connectivity index (χ1) is 11.0. The highest BCUT2D eigenvalue weighted by Crippen LogP contribution is 2.13. The second-order valence-corrected chi connectivity index (χ2v) is 4.83. The van der Waals surface area contributed by atoms with Crippen molar-refractivity contribution in [2.45, 2.75) is 26.7 Å². The van der Waals surface area contributed by atoms with Crippen LogP contribution in [0.1, 0.15) is 23.4 Å². The molecule has 0 bridgehead atoms. The number of aryl methyl sites for hydroxylation is 2. The van der Waals surface area contributed by atoms with E-state index in [-0.39, 0.29) is 26.0 Å². The van der Waals surface area contributed by atoms with Gasteiger partial charge in [-0.1, -0.05) is 0 Å². The minimum Gasteiger partial charge on any atom is -0.455 e. The molecule has 2 rings (SSSR count). The van der Waals surface area contributed by atoms with Crippen LogP contribution in [0.15, 0.2) is 6.33 Å². The number of carbonyl (C=O) groups excluding carboxylic acids is 2. The Morgan fingerprint density at radius 2 is 2.22 bits per heavy atom. The summed E-state index contributed by atoms with van der Waals surface area (Å²) < 4.78 is 6.48. The molecule has 0 aliphatic carbocycles. The Kier molecular flexibility index (Phi) is 5.19. The van der Waals surface area contributed by atoms with Gasteiger partial charge in [0.2, 0.25) is 0 Å². The van der Waals surface area contributed by atoms with Gasteiger partial charge < -0.3 is 10.1 Å². The van der Waals surface area contributed by atoms with Gasteiger partial charge in [0.1, 0.15) is 6.33 Å². The summed E-state index contributed by atoms with van der Waals surface area (Å²) in [7, 11) is 0. The van der Waals surface area contributed by atoms with E-state index in [9.17, 15) is 9.59 Å². The maximum Gasteiger partial charge on any atom is 0.310 e. The number of fused-ring (bicyclic) bond motifs is 1. The summed E-state index contributed by atoms with van der Waals surface area (Å²) in [6.45, 7) is 3.45. The number of nitrogens with zero attached hydrogens (tertiary/aromatic N) is 5. The quantitative estimate of drug-likeness (QED) is 0.581. The Balaban J connectivity index is 1.95. The van der Waals surface area contributed by atoms with E-state index in [1.165, 1.54) is 6.33 Å². The van der Waals surface area contributed by atoms with Gasteiger partial charge in [-0.3, -0.25) is 9.59 Å². The molecule has 2 heterocycles. The lowest BCUT2D eigenvalue weighted by atomic mass is 10.1. The Bertz CT molecular complexity index is 777. The molecule has 9 nitrogen and oxygen atoms in total. The SMILES string of the molecule is Cc1nc2ncnn2c(C)c1CC(=O)OCC(=O)NCCC#N. The highest BCUT2D eigenvalue weighted by molar-refractivity contribution is 5.81. The molecule has 0 aliphatic heterocycles. The average Bonchev–Trinajstić information content (AvgIpc) is 2.98. The molecule has 0 atom stereocenters. The number of nitriles is 1. The van der Waals surface area contributed by atoms with Crippen molar-refractivity contribution in [3.05, 3.63) is 23.3 Å². The summed E-state index contributed by atoms with van der Waals surface area (Å²) in [4.78, 5) is 31.6. The molecule has 0 saturated carbocycles. The normalized spacial score (nSPS) is 10.3. The van der Waals surface area contributed by atoms with E-state index in [1.807, 2.05) is 13.0 Å². The molecule has 0 aromatic carbocycles. The predicted molar refractivity (Wildman–Crippen MR) is 78.2 cm³/mol. The van der Waals surface area contributed by atoms with Crippen molar-refractivity contribution in [3.63, 3.8) is 0 Å².